The van der Waals surface area contributed by atoms with Crippen molar-refractivity contribution in [2.75, 3.05) is 19.5 Å². The molecule has 0 aliphatic rings. The second-order valence-electron chi connectivity index (χ2n) is 5.92. The summed E-state index contributed by atoms with van der Waals surface area (Å²) in [5.41, 5.74) is 0.959. The zero-order valence-corrected chi connectivity index (χ0v) is 15.7. The number of methoxy groups -OCH3 is 2. The van der Waals surface area contributed by atoms with E-state index in [0.717, 1.165) is 11.3 Å². The molecule has 0 spiro atoms. The van der Waals surface area contributed by atoms with Crippen LogP contribution in [0.5, 0.6) is 5.75 Å². The number of nitrogens with one attached hydrogen (secondary N) is 1. The smallest absolute Gasteiger partial charge is 0.360 e. The first-order valence-electron chi connectivity index (χ1n) is 8.52. The summed E-state index contributed by atoms with van der Waals surface area (Å²) in [4.78, 5) is 33.4. The fourth-order valence-electron chi connectivity index (χ4n) is 2.78. The van der Waals surface area contributed by atoms with Gasteiger partial charge in [0.15, 0.2) is 5.69 Å². The number of pyridine rings is 1. The molecule has 0 saturated heterocycles. The van der Waals surface area contributed by atoms with E-state index < -0.39 is 11.5 Å². The number of carbonyl (C=O) groups excluding carboxylic acids is 1. The zero-order chi connectivity index (χ0) is 20.1. The molecule has 1 aromatic carbocycles. The molecule has 8 nitrogen and oxygen atoms in total. The van der Waals surface area contributed by atoms with Crippen LogP contribution in [0, 0.1) is 0 Å². The average Bonchev–Trinajstić information content (AvgIpc) is 2.75. The molecule has 2 aromatic heterocycles. The number of ether oxygens (including phenoxy) is 2. The SMILES string of the molecule is COC(=O)c1nc(NC(c2ccccc2)c2ccccn2)n(C)c(=O)c1OC. The minimum Gasteiger partial charge on any atom is -0.489 e. The summed E-state index contributed by atoms with van der Waals surface area (Å²) in [6, 6.07) is 14.8. The normalized spacial score (nSPS) is 11.5. The molecule has 3 rings (SSSR count). The molecule has 0 bridgehead atoms. The molecule has 0 aliphatic carbocycles. The van der Waals surface area contributed by atoms with Gasteiger partial charge < -0.3 is 14.8 Å². The molecule has 28 heavy (non-hydrogen) atoms. The summed E-state index contributed by atoms with van der Waals surface area (Å²) >= 11 is 0. The van der Waals surface area contributed by atoms with E-state index in [1.165, 1.54) is 18.8 Å². The third-order valence-corrected chi connectivity index (χ3v) is 4.22. The van der Waals surface area contributed by atoms with Gasteiger partial charge in [0.05, 0.1) is 26.0 Å². The zero-order valence-electron chi connectivity index (χ0n) is 15.7. The number of hydrogen-bond acceptors (Lipinski definition) is 7. The Morgan fingerprint density at radius 3 is 2.43 bits per heavy atom. The summed E-state index contributed by atoms with van der Waals surface area (Å²) < 4.78 is 11.1. The number of hydrogen-bond donors (Lipinski definition) is 1. The Labute approximate surface area is 161 Å². The van der Waals surface area contributed by atoms with Gasteiger partial charge in [-0.2, -0.15) is 0 Å². The predicted octanol–water partition coefficient (Wildman–Crippen LogP) is 2.17. The number of carbonyl (C=O) groups is 1. The Kier molecular flexibility index (Phi) is 5.69. The van der Waals surface area contributed by atoms with Gasteiger partial charge in [0.2, 0.25) is 11.7 Å². The van der Waals surface area contributed by atoms with Crippen molar-refractivity contribution in [3.05, 3.63) is 82.0 Å². The highest BCUT2D eigenvalue weighted by Gasteiger charge is 2.24. The van der Waals surface area contributed by atoms with E-state index in [4.69, 9.17) is 9.47 Å². The molecule has 8 heteroatoms. The summed E-state index contributed by atoms with van der Waals surface area (Å²) in [5.74, 6) is -0.744. The highest BCUT2D eigenvalue weighted by molar-refractivity contribution is 5.90. The summed E-state index contributed by atoms with van der Waals surface area (Å²) in [6.45, 7) is 0. The monoisotopic (exact) mass is 380 g/mol. The first-order chi connectivity index (χ1) is 13.6. The minimum atomic E-state index is -0.758. The van der Waals surface area contributed by atoms with Crippen molar-refractivity contribution in [2.24, 2.45) is 7.05 Å². The van der Waals surface area contributed by atoms with Gasteiger partial charge in [0.1, 0.15) is 0 Å². The Bertz CT molecular complexity index is 980. The van der Waals surface area contributed by atoms with Gasteiger partial charge in [-0.3, -0.25) is 14.3 Å². The minimum absolute atomic E-state index is 0.172. The predicted molar refractivity (Wildman–Crippen MR) is 104 cm³/mol. The Morgan fingerprint density at radius 2 is 1.82 bits per heavy atom. The van der Waals surface area contributed by atoms with Gasteiger partial charge in [-0.15, -0.1) is 0 Å². The van der Waals surface area contributed by atoms with Gasteiger partial charge in [-0.05, 0) is 17.7 Å². The van der Waals surface area contributed by atoms with Crippen LogP contribution in [0.15, 0.2) is 59.5 Å². The van der Waals surface area contributed by atoms with E-state index >= 15 is 0 Å². The number of rotatable bonds is 6. The molecular weight excluding hydrogens is 360 g/mol. The van der Waals surface area contributed by atoms with Gasteiger partial charge in [-0.25, -0.2) is 9.78 Å². The molecule has 0 fully saturated rings. The summed E-state index contributed by atoms with van der Waals surface area (Å²) in [6.07, 6.45) is 1.69. The second-order valence-corrected chi connectivity index (χ2v) is 5.92. The van der Waals surface area contributed by atoms with Crippen LogP contribution in [-0.2, 0) is 11.8 Å². The summed E-state index contributed by atoms with van der Waals surface area (Å²) in [7, 11) is 4.06. The molecule has 0 amide bonds. The van der Waals surface area contributed by atoms with E-state index in [2.05, 4.69) is 15.3 Å². The first kappa shape index (κ1) is 19.1. The maximum atomic E-state index is 12.7. The van der Waals surface area contributed by atoms with Crippen LogP contribution in [0.4, 0.5) is 5.95 Å². The fraction of sp³-hybridized carbons (Fsp3) is 0.200. The highest BCUT2D eigenvalue weighted by atomic mass is 16.5. The Balaban J connectivity index is 2.12. The molecule has 1 N–H and O–H groups in total. The molecule has 144 valence electrons. The molecule has 2 heterocycles. The van der Waals surface area contributed by atoms with Crippen LogP contribution in [-0.4, -0.2) is 34.7 Å². The van der Waals surface area contributed by atoms with Gasteiger partial charge >= 0.3 is 5.97 Å². The van der Waals surface area contributed by atoms with Gasteiger partial charge in [0, 0.05) is 13.2 Å². The second kappa shape index (κ2) is 8.34. The van der Waals surface area contributed by atoms with Crippen LogP contribution >= 0.6 is 0 Å². The molecule has 1 atom stereocenters. The number of anilines is 1. The quantitative estimate of drug-likeness (QED) is 0.655. The van der Waals surface area contributed by atoms with Crippen LogP contribution in [0.25, 0.3) is 0 Å². The lowest BCUT2D eigenvalue weighted by molar-refractivity contribution is 0.0589. The van der Waals surface area contributed by atoms with Crippen molar-refractivity contribution >= 4 is 11.9 Å². The maximum absolute atomic E-state index is 12.7. The lowest BCUT2D eigenvalue weighted by Gasteiger charge is -2.21. The number of nitrogens with zero attached hydrogens (tertiary/aromatic N) is 3. The number of esters is 1. The van der Waals surface area contributed by atoms with E-state index in [1.807, 2.05) is 48.5 Å². The van der Waals surface area contributed by atoms with Gasteiger partial charge in [0.25, 0.3) is 5.56 Å². The van der Waals surface area contributed by atoms with Crippen LogP contribution < -0.4 is 15.6 Å². The van der Waals surface area contributed by atoms with Crippen molar-refractivity contribution in [1.29, 1.82) is 0 Å². The van der Waals surface area contributed by atoms with Crippen molar-refractivity contribution in [3.63, 3.8) is 0 Å². The van der Waals surface area contributed by atoms with Crippen LogP contribution in [0.3, 0.4) is 0 Å². The molecule has 0 radical (unpaired) electrons. The Hall–Kier alpha value is -3.68. The number of benzene rings is 1. The maximum Gasteiger partial charge on any atom is 0.360 e. The molecule has 0 aliphatic heterocycles. The highest BCUT2D eigenvalue weighted by Crippen LogP contribution is 2.25. The molecule has 1 unspecified atom stereocenters. The first-order valence-corrected chi connectivity index (χ1v) is 8.52. The van der Waals surface area contributed by atoms with E-state index in [9.17, 15) is 9.59 Å². The summed E-state index contributed by atoms with van der Waals surface area (Å²) in [5, 5.41) is 3.22. The third kappa shape index (κ3) is 3.71. The van der Waals surface area contributed by atoms with E-state index in [-0.39, 0.29) is 23.4 Å². The fourth-order valence-corrected chi connectivity index (χ4v) is 2.78. The standard InChI is InChI=1S/C20H20N4O4/c1-24-18(25)17(27-2)16(19(26)28-3)23-20(24)22-15(13-9-5-4-6-10-13)14-11-7-8-12-21-14/h4-12,15H,1-3H3,(H,22,23). The lowest BCUT2D eigenvalue weighted by atomic mass is 10.0. The van der Waals surface area contributed by atoms with Crippen LogP contribution in [0.1, 0.15) is 27.8 Å². The third-order valence-electron chi connectivity index (χ3n) is 4.22. The van der Waals surface area contributed by atoms with Crippen molar-refractivity contribution in [2.45, 2.75) is 6.04 Å². The van der Waals surface area contributed by atoms with E-state index in [1.54, 1.807) is 13.2 Å². The van der Waals surface area contributed by atoms with Crippen molar-refractivity contribution < 1.29 is 14.3 Å². The van der Waals surface area contributed by atoms with Crippen molar-refractivity contribution in [3.8, 4) is 5.75 Å². The molecule has 0 saturated carbocycles. The Morgan fingerprint density at radius 1 is 1.11 bits per heavy atom. The molecule has 3 aromatic rings. The van der Waals surface area contributed by atoms with Crippen LogP contribution in [0.2, 0.25) is 0 Å². The molecular formula is C20H20N4O4. The number of aromatic nitrogens is 3. The lowest BCUT2D eigenvalue weighted by Crippen LogP contribution is -2.28. The average molecular weight is 380 g/mol. The largest absolute Gasteiger partial charge is 0.489 e. The topological polar surface area (TPSA) is 95.3 Å². The van der Waals surface area contributed by atoms with E-state index in [0.29, 0.717) is 0 Å². The van der Waals surface area contributed by atoms with Gasteiger partial charge in [-0.1, -0.05) is 36.4 Å². The van der Waals surface area contributed by atoms with Crippen molar-refractivity contribution in [1.82, 2.24) is 14.5 Å².